The number of nitrogens with one attached hydrogen (secondary N) is 1. The van der Waals surface area contributed by atoms with Crippen molar-refractivity contribution in [2.24, 2.45) is 0 Å². The van der Waals surface area contributed by atoms with E-state index in [0.29, 0.717) is 28.5 Å². The van der Waals surface area contributed by atoms with Gasteiger partial charge in [-0.05, 0) is 42.2 Å². The highest BCUT2D eigenvalue weighted by Gasteiger charge is 2.14. The standard InChI is InChI=1S/C23H25NO5/c1-4-15(2)16-5-7-18(8-6-16)24-22(25)14-29-23(26)11-17-13-28-21-12-19(27-3)9-10-20(17)21/h5-10,12-13,15H,4,11,14H2,1-3H3,(H,24,25)/t15-/m0/s1. The van der Waals surface area contributed by atoms with Crippen LogP contribution in [0.15, 0.2) is 53.1 Å². The van der Waals surface area contributed by atoms with Gasteiger partial charge in [-0.25, -0.2) is 0 Å². The fourth-order valence-corrected chi connectivity index (χ4v) is 3.01. The summed E-state index contributed by atoms with van der Waals surface area (Å²) in [6.45, 7) is 3.96. The minimum absolute atomic E-state index is 0.0240. The zero-order chi connectivity index (χ0) is 20.8. The number of rotatable bonds is 8. The summed E-state index contributed by atoms with van der Waals surface area (Å²) in [6.07, 6.45) is 2.60. The van der Waals surface area contributed by atoms with Gasteiger partial charge in [0.25, 0.3) is 5.91 Å². The van der Waals surface area contributed by atoms with Crippen molar-refractivity contribution in [1.29, 1.82) is 0 Å². The summed E-state index contributed by atoms with van der Waals surface area (Å²) < 4.78 is 15.7. The molecule has 152 valence electrons. The Balaban J connectivity index is 1.51. The Labute approximate surface area is 169 Å². The van der Waals surface area contributed by atoms with Gasteiger partial charge in [0.1, 0.15) is 11.3 Å². The van der Waals surface area contributed by atoms with E-state index in [2.05, 4.69) is 19.2 Å². The second-order valence-electron chi connectivity index (χ2n) is 6.94. The molecule has 2 aromatic carbocycles. The summed E-state index contributed by atoms with van der Waals surface area (Å²) in [5, 5.41) is 3.55. The summed E-state index contributed by atoms with van der Waals surface area (Å²) in [6, 6.07) is 13.1. The summed E-state index contributed by atoms with van der Waals surface area (Å²) in [5.74, 6) is 0.276. The highest BCUT2D eigenvalue weighted by molar-refractivity contribution is 5.93. The molecule has 1 N–H and O–H groups in total. The molecule has 1 heterocycles. The number of esters is 1. The molecule has 0 aliphatic carbocycles. The number of furan rings is 1. The SMILES string of the molecule is CC[C@H](C)c1ccc(NC(=O)COC(=O)Cc2coc3cc(OC)ccc23)cc1. The molecule has 6 heteroatoms. The monoisotopic (exact) mass is 395 g/mol. The van der Waals surface area contributed by atoms with E-state index in [1.165, 1.54) is 11.8 Å². The van der Waals surface area contributed by atoms with Crippen molar-refractivity contribution < 1.29 is 23.5 Å². The van der Waals surface area contributed by atoms with Crippen molar-refractivity contribution in [2.45, 2.75) is 32.6 Å². The Morgan fingerprint density at radius 2 is 1.90 bits per heavy atom. The Morgan fingerprint density at radius 3 is 2.59 bits per heavy atom. The van der Waals surface area contributed by atoms with Crippen LogP contribution < -0.4 is 10.1 Å². The van der Waals surface area contributed by atoms with Gasteiger partial charge in [0.2, 0.25) is 0 Å². The van der Waals surface area contributed by atoms with Gasteiger partial charge in [-0.2, -0.15) is 0 Å². The van der Waals surface area contributed by atoms with Crippen LogP contribution in [-0.4, -0.2) is 25.6 Å². The maximum Gasteiger partial charge on any atom is 0.310 e. The van der Waals surface area contributed by atoms with E-state index in [0.717, 1.165) is 11.8 Å². The minimum atomic E-state index is -0.495. The molecule has 0 radical (unpaired) electrons. The van der Waals surface area contributed by atoms with Crippen LogP contribution in [0.3, 0.4) is 0 Å². The lowest BCUT2D eigenvalue weighted by Crippen LogP contribution is -2.21. The quantitative estimate of drug-likeness (QED) is 0.561. The van der Waals surface area contributed by atoms with E-state index in [-0.39, 0.29) is 18.9 Å². The van der Waals surface area contributed by atoms with Crippen molar-refractivity contribution in [3.8, 4) is 5.75 Å². The summed E-state index contributed by atoms with van der Waals surface area (Å²) >= 11 is 0. The topological polar surface area (TPSA) is 77.8 Å². The van der Waals surface area contributed by atoms with Gasteiger partial charge in [0.15, 0.2) is 6.61 Å². The zero-order valence-electron chi connectivity index (χ0n) is 16.9. The second kappa shape index (κ2) is 9.28. The average Bonchev–Trinajstić information content (AvgIpc) is 3.14. The lowest BCUT2D eigenvalue weighted by Gasteiger charge is -2.10. The summed E-state index contributed by atoms with van der Waals surface area (Å²) in [7, 11) is 1.58. The normalized spacial score (nSPS) is 11.8. The molecule has 0 saturated heterocycles. The number of amides is 1. The minimum Gasteiger partial charge on any atom is -0.497 e. The second-order valence-corrected chi connectivity index (χ2v) is 6.94. The van der Waals surface area contributed by atoms with Crippen molar-refractivity contribution in [1.82, 2.24) is 0 Å². The number of fused-ring (bicyclic) bond motifs is 1. The molecule has 0 aliphatic rings. The van der Waals surface area contributed by atoms with E-state index in [4.69, 9.17) is 13.9 Å². The van der Waals surface area contributed by atoms with Gasteiger partial charge in [-0.15, -0.1) is 0 Å². The Kier molecular flexibility index (Phi) is 6.54. The van der Waals surface area contributed by atoms with Crippen molar-refractivity contribution in [3.05, 3.63) is 59.9 Å². The van der Waals surface area contributed by atoms with Crippen LogP contribution in [0.5, 0.6) is 5.75 Å². The molecule has 0 aliphatic heterocycles. The van der Waals surface area contributed by atoms with Gasteiger partial charge < -0.3 is 19.2 Å². The molecule has 0 spiro atoms. The van der Waals surface area contributed by atoms with Crippen LogP contribution in [0.25, 0.3) is 11.0 Å². The number of methoxy groups -OCH3 is 1. The average molecular weight is 395 g/mol. The number of ether oxygens (including phenoxy) is 2. The van der Waals surface area contributed by atoms with Crippen LogP contribution in [0.1, 0.15) is 37.3 Å². The first-order chi connectivity index (χ1) is 14.0. The zero-order valence-corrected chi connectivity index (χ0v) is 16.9. The van der Waals surface area contributed by atoms with Gasteiger partial charge in [-0.1, -0.05) is 26.0 Å². The van der Waals surface area contributed by atoms with Crippen LogP contribution in [0, 0.1) is 0 Å². The lowest BCUT2D eigenvalue weighted by molar-refractivity contribution is -0.146. The van der Waals surface area contributed by atoms with Crippen molar-refractivity contribution in [2.75, 3.05) is 19.0 Å². The Morgan fingerprint density at radius 1 is 1.14 bits per heavy atom. The number of carbonyl (C=O) groups is 2. The number of carbonyl (C=O) groups excluding carboxylic acids is 2. The van der Waals surface area contributed by atoms with Crippen molar-refractivity contribution >= 4 is 28.5 Å². The highest BCUT2D eigenvalue weighted by atomic mass is 16.5. The first-order valence-corrected chi connectivity index (χ1v) is 9.59. The van der Waals surface area contributed by atoms with Gasteiger partial charge in [-0.3, -0.25) is 9.59 Å². The van der Waals surface area contributed by atoms with Crippen LogP contribution in [0.2, 0.25) is 0 Å². The van der Waals surface area contributed by atoms with Gasteiger partial charge in [0.05, 0.1) is 19.8 Å². The molecule has 3 rings (SSSR count). The molecule has 3 aromatic rings. The molecule has 0 saturated carbocycles. The smallest absolute Gasteiger partial charge is 0.310 e. The third kappa shape index (κ3) is 5.16. The number of hydrogen-bond acceptors (Lipinski definition) is 5. The van der Waals surface area contributed by atoms with E-state index in [1.807, 2.05) is 30.3 Å². The fraction of sp³-hybridized carbons (Fsp3) is 0.304. The molecule has 1 atom stereocenters. The molecule has 29 heavy (non-hydrogen) atoms. The molecule has 0 bridgehead atoms. The number of anilines is 1. The lowest BCUT2D eigenvalue weighted by atomic mass is 9.99. The van der Waals surface area contributed by atoms with Crippen molar-refractivity contribution in [3.63, 3.8) is 0 Å². The third-order valence-electron chi connectivity index (χ3n) is 4.94. The van der Waals surface area contributed by atoms with E-state index in [1.54, 1.807) is 19.2 Å². The summed E-state index contributed by atoms with van der Waals surface area (Å²) in [4.78, 5) is 24.2. The maximum absolute atomic E-state index is 12.1. The first kappa shape index (κ1) is 20.5. The van der Waals surface area contributed by atoms with E-state index < -0.39 is 5.97 Å². The fourth-order valence-electron chi connectivity index (χ4n) is 3.01. The maximum atomic E-state index is 12.1. The number of benzene rings is 2. The predicted molar refractivity (Wildman–Crippen MR) is 111 cm³/mol. The largest absolute Gasteiger partial charge is 0.497 e. The van der Waals surface area contributed by atoms with Gasteiger partial charge in [0, 0.05) is 22.7 Å². The third-order valence-corrected chi connectivity index (χ3v) is 4.94. The van der Waals surface area contributed by atoms with E-state index >= 15 is 0 Å². The Hall–Kier alpha value is -3.28. The summed E-state index contributed by atoms with van der Waals surface area (Å²) in [5.41, 5.74) is 3.23. The van der Waals surface area contributed by atoms with Crippen LogP contribution >= 0.6 is 0 Å². The molecule has 1 amide bonds. The van der Waals surface area contributed by atoms with Gasteiger partial charge >= 0.3 is 5.97 Å². The molecule has 1 aromatic heterocycles. The molecule has 6 nitrogen and oxygen atoms in total. The van der Waals surface area contributed by atoms with Crippen LogP contribution in [-0.2, 0) is 20.7 Å². The molecular formula is C23H25NO5. The predicted octanol–water partition coefficient (Wildman–Crippen LogP) is 4.68. The first-order valence-electron chi connectivity index (χ1n) is 9.59. The number of hydrogen-bond donors (Lipinski definition) is 1. The van der Waals surface area contributed by atoms with E-state index in [9.17, 15) is 9.59 Å². The van der Waals surface area contributed by atoms with Crippen LogP contribution in [0.4, 0.5) is 5.69 Å². The Bertz CT molecular complexity index is 990. The highest BCUT2D eigenvalue weighted by Crippen LogP contribution is 2.26. The molecule has 0 fully saturated rings. The molecule has 0 unspecified atom stereocenters. The molecular weight excluding hydrogens is 370 g/mol.